The Morgan fingerprint density at radius 3 is 2.90 bits per heavy atom. The molecule has 3 atom stereocenters. The number of hydrogen-bond acceptors (Lipinski definition) is 8. The number of aromatic nitrogens is 6. The van der Waals surface area contributed by atoms with E-state index in [0.717, 1.165) is 9.97 Å². The van der Waals surface area contributed by atoms with Gasteiger partial charge in [-0.05, 0) is 6.92 Å². The fourth-order valence-corrected chi connectivity index (χ4v) is 3.83. The predicted octanol–water partition coefficient (Wildman–Crippen LogP) is 0.944. The molecule has 8 nitrogen and oxygen atoms in total. The van der Waals surface area contributed by atoms with Crippen molar-refractivity contribution in [2.75, 3.05) is 0 Å². The highest BCUT2D eigenvalue weighted by Crippen LogP contribution is 2.32. The van der Waals surface area contributed by atoms with Crippen molar-refractivity contribution < 1.29 is 0 Å². The zero-order valence-corrected chi connectivity index (χ0v) is 13.3. The van der Waals surface area contributed by atoms with E-state index in [0.29, 0.717) is 17.6 Å². The van der Waals surface area contributed by atoms with E-state index in [4.69, 9.17) is 0 Å². The second-order valence-corrected chi connectivity index (χ2v) is 6.79. The molecule has 0 aromatic carbocycles. The van der Waals surface area contributed by atoms with Gasteiger partial charge in [-0.2, -0.15) is 9.61 Å². The van der Waals surface area contributed by atoms with Crippen molar-refractivity contribution >= 4 is 32.2 Å². The molecule has 1 aliphatic rings. The lowest BCUT2D eigenvalue weighted by atomic mass is 10.2. The smallest absolute Gasteiger partial charge is 0.235 e. The Morgan fingerprint density at radius 1 is 1.29 bits per heavy atom. The third kappa shape index (κ3) is 2.14. The van der Waals surface area contributed by atoms with Crippen molar-refractivity contribution in [1.29, 1.82) is 0 Å². The predicted molar refractivity (Wildman–Crippen MR) is 80.9 cm³/mol. The summed E-state index contributed by atoms with van der Waals surface area (Å²) in [5, 5.41) is 13.9. The van der Waals surface area contributed by atoms with Crippen LogP contribution in [0.15, 0.2) is 18.6 Å². The fourth-order valence-electron chi connectivity index (χ4n) is 2.20. The highest BCUT2D eigenvalue weighted by atomic mass is 79.9. The van der Waals surface area contributed by atoms with E-state index in [9.17, 15) is 0 Å². The van der Waals surface area contributed by atoms with Crippen LogP contribution in [0.25, 0.3) is 16.5 Å². The summed E-state index contributed by atoms with van der Waals surface area (Å²) in [5.74, 6) is 0.603. The Kier molecular flexibility index (Phi) is 3.17. The maximum Gasteiger partial charge on any atom is 0.235 e. The molecule has 0 radical (unpaired) electrons. The van der Waals surface area contributed by atoms with Gasteiger partial charge in [0.25, 0.3) is 0 Å². The molecule has 0 aliphatic carbocycles. The summed E-state index contributed by atoms with van der Waals surface area (Å²) >= 11 is 5.20. The second kappa shape index (κ2) is 5.05. The first-order chi connectivity index (χ1) is 10.2. The number of nitrogens with zero attached hydrogens (tertiary/aromatic N) is 6. The lowest BCUT2D eigenvalue weighted by molar-refractivity contribution is 0.556. The van der Waals surface area contributed by atoms with Gasteiger partial charge in [0.05, 0.1) is 17.1 Å². The van der Waals surface area contributed by atoms with Crippen LogP contribution < -0.4 is 10.9 Å². The van der Waals surface area contributed by atoms with E-state index in [1.165, 1.54) is 11.3 Å². The second-order valence-electron chi connectivity index (χ2n) is 4.75. The first-order valence-electron chi connectivity index (χ1n) is 6.37. The lowest BCUT2D eigenvalue weighted by Gasteiger charge is -2.10. The Bertz CT molecular complexity index is 771. The molecule has 2 N–H and O–H groups in total. The van der Waals surface area contributed by atoms with E-state index < -0.39 is 0 Å². The van der Waals surface area contributed by atoms with Crippen LogP contribution >= 0.6 is 27.3 Å². The fraction of sp³-hybridized carbons (Fsp3) is 0.364. The van der Waals surface area contributed by atoms with Gasteiger partial charge >= 0.3 is 0 Å². The normalized spacial score (nSPS) is 25.7. The maximum absolute atomic E-state index is 4.63. The topological polar surface area (TPSA) is 92.9 Å². The number of hydrazine groups is 1. The standard InChI is InChI=1S/C11H11BrN8S/c1-5-7(12)8(16-15-5)10-19-20-9(17-18-11(20)21-10)6-4-13-2-3-14-6/h2-5,7-8,15-16H,1H3. The number of hydrogen-bond donors (Lipinski definition) is 2. The Balaban J connectivity index is 1.76. The van der Waals surface area contributed by atoms with Crippen molar-refractivity contribution in [3.05, 3.63) is 23.6 Å². The monoisotopic (exact) mass is 366 g/mol. The van der Waals surface area contributed by atoms with Crippen LogP contribution in [0.1, 0.15) is 18.0 Å². The van der Waals surface area contributed by atoms with Crippen LogP contribution in [0, 0.1) is 0 Å². The molecule has 3 aromatic heterocycles. The molecule has 0 spiro atoms. The van der Waals surface area contributed by atoms with E-state index in [1.807, 2.05) is 0 Å². The van der Waals surface area contributed by atoms with Crippen molar-refractivity contribution in [1.82, 2.24) is 40.6 Å². The minimum Gasteiger partial charge on any atom is -0.261 e. The molecule has 0 amide bonds. The molecule has 0 bridgehead atoms. The van der Waals surface area contributed by atoms with Crippen LogP contribution in [-0.2, 0) is 0 Å². The third-order valence-corrected chi connectivity index (χ3v) is 5.63. The summed E-state index contributed by atoms with van der Waals surface area (Å²) in [6, 6.07) is 0.421. The lowest BCUT2D eigenvalue weighted by Crippen LogP contribution is -2.29. The molecule has 3 aromatic rings. The summed E-state index contributed by atoms with van der Waals surface area (Å²) in [6.45, 7) is 2.11. The quantitative estimate of drug-likeness (QED) is 0.652. The van der Waals surface area contributed by atoms with E-state index >= 15 is 0 Å². The molecule has 10 heteroatoms. The van der Waals surface area contributed by atoms with Gasteiger partial charge in [-0.1, -0.05) is 27.3 Å². The van der Waals surface area contributed by atoms with Gasteiger partial charge in [0.15, 0.2) is 0 Å². The van der Waals surface area contributed by atoms with Crippen LogP contribution in [0.2, 0.25) is 0 Å². The zero-order valence-electron chi connectivity index (χ0n) is 10.9. The Morgan fingerprint density at radius 2 is 2.19 bits per heavy atom. The molecule has 1 saturated heterocycles. The summed E-state index contributed by atoms with van der Waals surface area (Å²) in [4.78, 5) is 9.31. The van der Waals surface area contributed by atoms with Crippen molar-refractivity contribution in [2.24, 2.45) is 0 Å². The van der Waals surface area contributed by atoms with Crippen molar-refractivity contribution in [2.45, 2.75) is 23.8 Å². The van der Waals surface area contributed by atoms with Crippen molar-refractivity contribution in [3.8, 4) is 11.5 Å². The maximum atomic E-state index is 4.63. The largest absolute Gasteiger partial charge is 0.261 e. The number of fused-ring (bicyclic) bond motifs is 1. The number of alkyl halides is 1. The summed E-state index contributed by atoms with van der Waals surface area (Å²) in [5.41, 5.74) is 7.10. The average molecular weight is 367 g/mol. The van der Waals surface area contributed by atoms with Crippen LogP contribution in [0.5, 0.6) is 0 Å². The van der Waals surface area contributed by atoms with Crippen LogP contribution in [0.4, 0.5) is 0 Å². The molecular weight excluding hydrogens is 356 g/mol. The van der Waals surface area contributed by atoms with E-state index in [2.05, 4.69) is 59.0 Å². The SMILES string of the molecule is CC1NNC(c2nn3c(-c4cnccn4)nnc3s2)C1Br. The van der Waals surface area contributed by atoms with Gasteiger partial charge in [-0.3, -0.25) is 10.4 Å². The van der Waals surface area contributed by atoms with Crippen LogP contribution in [-0.4, -0.2) is 40.6 Å². The molecule has 108 valence electrons. The minimum absolute atomic E-state index is 0.0985. The van der Waals surface area contributed by atoms with Gasteiger partial charge in [-0.25, -0.2) is 10.4 Å². The number of halogens is 1. The van der Waals surface area contributed by atoms with Gasteiger partial charge in [0.2, 0.25) is 10.8 Å². The first kappa shape index (κ1) is 13.2. The molecule has 0 saturated carbocycles. The van der Waals surface area contributed by atoms with Gasteiger partial charge in [0.1, 0.15) is 10.7 Å². The Labute approximate surface area is 132 Å². The van der Waals surface area contributed by atoms with Gasteiger partial charge in [0, 0.05) is 18.4 Å². The molecule has 4 heterocycles. The molecule has 21 heavy (non-hydrogen) atoms. The summed E-state index contributed by atoms with van der Waals surface area (Å²) in [7, 11) is 0. The molecule has 3 unspecified atom stereocenters. The van der Waals surface area contributed by atoms with Gasteiger partial charge in [-0.15, -0.1) is 10.2 Å². The molecule has 1 fully saturated rings. The van der Waals surface area contributed by atoms with Gasteiger partial charge < -0.3 is 0 Å². The summed E-state index contributed by atoms with van der Waals surface area (Å²) in [6.07, 6.45) is 4.90. The average Bonchev–Trinajstić information content (AvgIpc) is 3.15. The minimum atomic E-state index is 0.0985. The highest BCUT2D eigenvalue weighted by Gasteiger charge is 2.34. The van der Waals surface area contributed by atoms with E-state index in [-0.39, 0.29) is 10.9 Å². The third-order valence-electron chi connectivity index (χ3n) is 3.33. The number of rotatable bonds is 2. The summed E-state index contributed by atoms with van der Waals surface area (Å²) < 4.78 is 1.72. The zero-order chi connectivity index (χ0) is 14.4. The van der Waals surface area contributed by atoms with Crippen molar-refractivity contribution in [3.63, 3.8) is 0 Å². The Hall–Kier alpha value is -1.49. The number of nitrogens with one attached hydrogen (secondary N) is 2. The highest BCUT2D eigenvalue weighted by molar-refractivity contribution is 9.09. The molecule has 1 aliphatic heterocycles. The first-order valence-corrected chi connectivity index (χ1v) is 8.11. The van der Waals surface area contributed by atoms with E-state index in [1.54, 1.807) is 23.1 Å². The van der Waals surface area contributed by atoms with Crippen LogP contribution in [0.3, 0.4) is 0 Å². The molecule has 4 rings (SSSR count). The molecular formula is C11H11BrN8S.